The van der Waals surface area contributed by atoms with Gasteiger partial charge in [0.2, 0.25) is 0 Å². The summed E-state index contributed by atoms with van der Waals surface area (Å²) >= 11 is 1.51. The lowest BCUT2D eigenvalue weighted by Gasteiger charge is -2.17. The lowest BCUT2D eigenvalue weighted by Crippen LogP contribution is -2.12. The van der Waals surface area contributed by atoms with Gasteiger partial charge < -0.3 is 10.0 Å². The molecule has 1 N–H and O–H groups in total. The maximum Gasteiger partial charge on any atom is 0.195 e. The Bertz CT molecular complexity index is 704. The molecule has 0 saturated heterocycles. The van der Waals surface area contributed by atoms with Crippen molar-refractivity contribution in [2.45, 2.75) is 6.61 Å². The summed E-state index contributed by atoms with van der Waals surface area (Å²) in [5.74, 6) is 0.409. The van der Waals surface area contributed by atoms with Gasteiger partial charge in [-0.1, -0.05) is 0 Å². The van der Waals surface area contributed by atoms with E-state index in [9.17, 15) is 9.50 Å². The highest BCUT2D eigenvalue weighted by Crippen LogP contribution is 2.29. The zero-order valence-electron chi connectivity index (χ0n) is 10.2. The highest BCUT2D eigenvalue weighted by Gasteiger charge is 2.16. The van der Waals surface area contributed by atoms with Crippen LogP contribution in [0.15, 0.2) is 35.8 Å². The van der Waals surface area contributed by atoms with E-state index < -0.39 is 0 Å². The van der Waals surface area contributed by atoms with Crippen LogP contribution in [0.1, 0.15) is 5.69 Å². The highest BCUT2D eigenvalue weighted by molar-refractivity contribution is 7.15. The van der Waals surface area contributed by atoms with Crippen molar-refractivity contribution in [3.63, 3.8) is 0 Å². The Kier molecular flexibility index (Phi) is 2.96. The zero-order valence-corrected chi connectivity index (χ0v) is 11.1. The first kappa shape index (κ1) is 12.1. The van der Waals surface area contributed by atoms with Crippen LogP contribution in [0.2, 0.25) is 0 Å². The van der Waals surface area contributed by atoms with Gasteiger partial charge >= 0.3 is 0 Å². The van der Waals surface area contributed by atoms with Crippen LogP contribution in [0.5, 0.6) is 0 Å². The molecule has 0 saturated carbocycles. The number of halogens is 1. The van der Waals surface area contributed by atoms with Gasteiger partial charge in [-0.3, -0.25) is 4.40 Å². The van der Waals surface area contributed by atoms with E-state index in [4.69, 9.17) is 0 Å². The molecule has 3 aromatic rings. The van der Waals surface area contributed by atoms with Crippen LogP contribution in [0.3, 0.4) is 0 Å². The average Bonchev–Trinajstić information content (AvgIpc) is 2.98. The number of aliphatic hydroxyl groups is 1. The van der Waals surface area contributed by atoms with Crippen LogP contribution < -0.4 is 4.90 Å². The fourth-order valence-electron chi connectivity index (χ4n) is 2.02. The summed E-state index contributed by atoms with van der Waals surface area (Å²) in [4.78, 5) is 7.16. The molecular formula is C13H12FN3OS. The molecule has 3 rings (SSSR count). The number of benzene rings is 1. The summed E-state index contributed by atoms with van der Waals surface area (Å²) in [6.07, 6.45) is 1.88. The SMILES string of the molecule is CN(c1ccc(F)cc1)c1nc2sccn2c1CO. The number of aliphatic hydroxyl groups excluding tert-OH is 1. The molecule has 1 aromatic carbocycles. The molecule has 98 valence electrons. The lowest BCUT2D eigenvalue weighted by atomic mass is 10.3. The molecule has 0 bridgehead atoms. The Morgan fingerprint density at radius 3 is 2.79 bits per heavy atom. The Morgan fingerprint density at radius 2 is 2.11 bits per heavy atom. The number of nitrogens with zero attached hydrogens (tertiary/aromatic N) is 3. The molecule has 0 unspecified atom stereocenters. The van der Waals surface area contributed by atoms with Crippen molar-refractivity contribution in [3.8, 4) is 0 Å². The number of hydrogen-bond acceptors (Lipinski definition) is 4. The molecule has 6 heteroatoms. The molecule has 0 aliphatic rings. The predicted molar refractivity (Wildman–Crippen MR) is 73.5 cm³/mol. The van der Waals surface area contributed by atoms with Crippen LogP contribution >= 0.6 is 11.3 Å². The second-order valence-electron chi connectivity index (χ2n) is 4.13. The first-order chi connectivity index (χ1) is 9.20. The van der Waals surface area contributed by atoms with Crippen LogP contribution in [0.4, 0.5) is 15.9 Å². The normalized spacial score (nSPS) is 11.1. The van der Waals surface area contributed by atoms with Crippen molar-refractivity contribution < 1.29 is 9.50 Å². The summed E-state index contributed by atoms with van der Waals surface area (Å²) in [5, 5.41) is 11.4. The van der Waals surface area contributed by atoms with Crippen molar-refractivity contribution in [2.24, 2.45) is 0 Å². The topological polar surface area (TPSA) is 40.8 Å². The van der Waals surface area contributed by atoms with E-state index in [2.05, 4.69) is 4.98 Å². The number of imidazole rings is 1. The second-order valence-corrected chi connectivity index (χ2v) is 5.00. The van der Waals surface area contributed by atoms with Crippen LogP contribution in [0, 0.1) is 5.82 Å². The summed E-state index contributed by atoms with van der Waals surface area (Å²) in [5.41, 5.74) is 1.55. The van der Waals surface area contributed by atoms with Crippen molar-refractivity contribution in [2.75, 3.05) is 11.9 Å². The number of anilines is 2. The summed E-state index contributed by atoms with van der Waals surface area (Å²) in [7, 11) is 1.85. The number of thiazole rings is 1. The smallest absolute Gasteiger partial charge is 0.195 e. The molecule has 4 nitrogen and oxygen atoms in total. The third kappa shape index (κ3) is 1.98. The summed E-state index contributed by atoms with van der Waals surface area (Å²) in [6, 6.07) is 6.18. The molecule has 0 spiro atoms. The molecule has 0 aliphatic heterocycles. The van der Waals surface area contributed by atoms with Gasteiger partial charge in [0, 0.05) is 24.3 Å². The summed E-state index contributed by atoms with van der Waals surface area (Å²) < 4.78 is 14.8. The average molecular weight is 277 g/mol. The van der Waals surface area contributed by atoms with E-state index in [1.807, 2.05) is 27.9 Å². The molecule has 0 radical (unpaired) electrons. The molecule has 0 amide bonds. The first-order valence-corrected chi connectivity index (χ1v) is 6.63. The molecule has 19 heavy (non-hydrogen) atoms. The Morgan fingerprint density at radius 1 is 1.37 bits per heavy atom. The number of aromatic nitrogens is 2. The zero-order chi connectivity index (χ0) is 13.4. The minimum Gasteiger partial charge on any atom is -0.390 e. The first-order valence-electron chi connectivity index (χ1n) is 5.75. The van der Waals surface area contributed by atoms with E-state index in [0.717, 1.165) is 16.3 Å². The van der Waals surface area contributed by atoms with Crippen molar-refractivity contribution in [1.82, 2.24) is 9.38 Å². The van der Waals surface area contributed by atoms with Crippen molar-refractivity contribution in [3.05, 3.63) is 47.4 Å². The maximum absolute atomic E-state index is 12.9. The van der Waals surface area contributed by atoms with Crippen molar-refractivity contribution in [1.29, 1.82) is 0 Å². The van der Waals surface area contributed by atoms with Gasteiger partial charge in [-0.15, -0.1) is 11.3 Å². The minimum atomic E-state index is -0.273. The number of hydrogen-bond donors (Lipinski definition) is 1. The molecular weight excluding hydrogens is 265 g/mol. The van der Waals surface area contributed by atoms with Crippen LogP contribution in [0.25, 0.3) is 4.96 Å². The second kappa shape index (κ2) is 4.64. The van der Waals surface area contributed by atoms with Gasteiger partial charge in [0.1, 0.15) is 5.82 Å². The third-order valence-corrected chi connectivity index (χ3v) is 3.78. The van der Waals surface area contributed by atoms with E-state index in [1.54, 1.807) is 12.1 Å². The predicted octanol–water partition coefficient (Wildman–Crippen LogP) is 2.80. The quantitative estimate of drug-likeness (QED) is 0.800. The maximum atomic E-state index is 12.9. The molecule has 0 atom stereocenters. The monoisotopic (exact) mass is 277 g/mol. The Labute approximate surface area is 113 Å². The van der Waals surface area contributed by atoms with Gasteiger partial charge in [0.25, 0.3) is 0 Å². The molecule has 2 aromatic heterocycles. The van der Waals surface area contributed by atoms with Gasteiger partial charge in [-0.2, -0.15) is 0 Å². The fraction of sp³-hybridized carbons (Fsp3) is 0.154. The fourth-order valence-corrected chi connectivity index (χ4v) is 2.75. The third-order valence-electron chi connectivity index (χ3n) is 3.02. The lowest BCUT2D eigenvalue weighted by molar-refractivity contribution is 0.276. The highest BCUT2D eigenvalue weighted by atomic mass is 32.1. The minimum absolute atomic E-state index is 0.0984. The van der Waals surface area contributed by atoms with E-state index in [0.29, 0.717) is 5.82 Å². The molecule has 0 fully saturated rings. The summed E-state index contributed by atoms with van der Waals surface area (Å²) in [6.45, 7) is -0.0984. The van der Waals surface area contributed by atoms with Gasteiger partial charge in [0.15, 0.2) is 10.8 Å². The van der Waals surface area contributed by atoms with Crippen molar-refractivity contribution >= 4 is 27.8 Å². The van der Waals surface area contributed by atoms with Crippen LogP contribution in [-0.4, -0.2) is 21.5 Å². The number of rotatable bonds is 3. The van der Waals surface area contributed by atoms with E-state index >= 15 is 0 Å². The molecule has 0 aliphatic carbocycles. The Hall–Kier alpha value is -1.92. The van der Waals surface area contributed by atoms with E-state index in [1.165, 1.54) is 23.5 Å². The van der Waals surface area contributed by atoms with Gasteiger partial charge in [-0.25, -0.2) is 9.37 Å². The van der Waals surface area contributed by atoms with Crippen LogP contribution in [-0.2, 0) is 6.61 Å². The van der Waals surface area contributed by atoms with E-state index in [-0.39, 0.29) is 12.4 Å². The standard InChI is InChI=1S/C13H12FN3OS/c1-16(10-4-2-9(14)3-5-10)12-11(8-18)17-6-7-19-13(17)15-12/h2-7,18H,8H2,1H3. The van der Waals surface area contributed by atoms with Gasteiger partial charge in [-0.05, 0) is 24.3 Å². The largest absolute Gasteiger partial charge is 0.390 e. The number of fused-ring (bicyclic) bond motifs is 1. The molecule has 2 heterocycles. The Balaban J connectivity index is 2.07. The van der Waals surface area contributed by atoms with Gasteiger partial charge in [0.05, 0.1) is 12.3 Å².